The molecule has 49 heavy (non-hydrogen) atoms. The van der Waals surface area contributed by atoms with Crippen LogP contribution in [0.2, 0.25) is 0 Å². The second-order valence-electron chi connectivity index (χ2n) is 12.4. The van der Waals surface area contributed by atoms with Gasteiger partial charge in [-0.15, -0.1) is 0 Å². The van der Waals surface area contributed by atoms with Gasteiger partial charge in [0, 0.05) is 28.4 Å². The van der Waals surface area contributed by atoms with Gasteiger partial charge in [-0.25, -0.2) is 4.98 Å². The number of hydrogen-bond acceptors (Lipinski definition) is 4. The minimum atomic E-state index is 0.567. The van der Waals surface area contributed by atoms with Gasteiger partial charge in [0.1, 0.15) is 22.4 Å². The zero-order valence-corrected chi connectivity index (χ0v) is 26.4. The molecule has 10 rings (SSSR count). The molecule has 4 nitrogen and oxygen atoms in total. The smallest absolute Gasteiger partial charge is 0.227 e. The third-order valence-electron chi connectivity index (χ3n) is 9.46. The fourth-order valence-electron chi connectivity index (χ4n) is 7.13. The summed E-state index contributed by atoms with van der Waals surface area (Å²) in [5.41, 5.74) is 9.14. The summed E-state index contributed by atoms with van der Waals surface area (Å²) in [6.07, 6.45) is 0. The second-order valence-corrected chi connectivity index (χ2v) is 12.4. The van der Waals surface area contributed by atoms with E-state index >= 15 is 0 Å². The van der Waals surface area contributed by atoms with E-state index in [1.54, 1.807) is 0 Å². The molecule has 0 atom stereocenters. The van der Waals surface area contributed by atoms with Crippen LogP contribution in [-0.2, 0) is 0 Å². The molecule has 2 aromatic heterocycles. The largest absolute Gasteiger partial charge is 0.456 e. The molecule has 0 saturated heterocycles. The number of para-hydroxylation sites is 1. The van der Waals surface area contributed by atoms with Crippen molar-refractivity contribution in [1.82, 2.24) is 4.98 Å². The minimum absolute atomic E-state index is 0.567. The van der Waals surface area contributed by atoms with Gasteiger partial charge in [0.15, 0.2) is 5.58 Å². The summed E-state index contributed by atoms with van der Waals surface area (Å²) < 4.78 is 13.3. The third kappa shape index (κ3) is 4.49. The molecule has 0 bridgehead atoms. The highest BCUT2D eigenvalue weighted by Gasteiger charge is 2.26. The maximum absolute atomic E-state index is 6.79. The van der Waals surface area contributed by atoms with Crippen molar-refractivity contribution < 1.29 is 8.83 Å². The Hall–Kier alpha value is -6.65. The van der Waals surface area contributed by atoms with Crippen LogP contribution in [0.15, 0.2) is 179 Å². The highest BCUT2D eigenvalue weighted by atomic mass is 16.4. The highest BCUT2D eigenvalue weighted by molar-refractivity contribution is 6.20. The molecule has 0 aliphatic heterocycles. The molecule has 4 heteroatoms. The average molecular weight is 629 g/mol. The van der Waals surface area contributed by atoms with E-state index in [4.69, 9.17) is 13.8 Å². The second kappa shape index (κ2) is 11.0. The van der Waals surface area contributed by atoms with Crippen LogP contribution in [0, 0.1) is 0 Å². The molecule has 8 aromatic carbocycles. The van der Waals surface area contributed by atoms with E-state index < -0.39 is 0 Å². The molecular formula is C45H28N2O2. The van der Waals surface area contributed by atoms with Crippen molar-refractivity contribution in [3.8, 4) is 22.6 Å². The molecule has 0 aliphatic carbocycles. The van der Waals surface area contributed by atoms with Crippen molar-refractivity contribution >= 4 is 71.6 Å². The van der Waals surface area contributed by atoms with E-state index in [0.29, 0.717) is 11.5 Å². The van der Waals surface area contributed by atoms with E-state index in [1.807, 2.05) is 54.6 Å². The minimum Gasteiger partial charge on any atom is -0.456 e. The van der Waals surface area contributed by atoms with Crippen LogP contribution in [0.25, 0.3) is 77.2 Å². The van der Waals surface area contributed by atoms with Crippen molar-refractivity contribution in [2.75, 3.05) is 4.90 Å². The van der Waals surface area contributed by atoms with E-state index in [0.717, 1.165) is 55.6 Å². The lowest BCUT2D eigenvalue weighted by atomic mass is 10.00. The molecule has 0 N–H and O–H groups in total. The highest BCUT2D eigenvalue weighted by Crippen LogP contribution is 2.48. The molecule has 230 valence electrons. The number of fused-ring (bicyclic) bond motifs is 7. The number of oxazole rings is 1. The van der Waals surface area contributed by atoms with Gasteiger partial charge in [0.2, 0.25) is 5.89 Å². The quantitative estimate of drug-likeness (QED) is 0.178. The summed E-state index contributed by atoms with van der Waals surface area (Å²) in [5.74, 6) is 0.567. The van der Waals surface area contributed by atoms with Crippen LogP contribution >= 0.6 is 0 Å². The maximum atomic E-state index is 6.79. The van der Waals surface area contributed by atoms with Crippen LogP contribution in [0.5, 0.6) is 0 Å². The summed E-state index contributed by atoms with van der Waals surface area (Å²) >= 11 is 0. The summed E-state index contributed by atoms with van der Waals surface area (Å²) in [6, 6.07) is 59.2. The first-order valence-electron chi connectivity index (χ1n) is 16.5. The third-order valence-corrected chi connectivity index (χ3v) is 9.46. The number of benzene rings is 8. The Morgan fingerprint density at radius 2 is 1.04 bits per heavy atom. The summed E-state index contributed by atoms with van der Waals surface area (Å²) in [7, 11) is 0. The standard InChI is InChI=1S/C45H28N2O2/c1-3-11-29(12-4-1)30-21-24-34(25-22-30)47(35-26-23-32-20-19-31-13-7-8-16-36(31)38(32)27-35)43-42-37-17-9-10-18-40(37)48-41(42)28-39-44(43)49-45(46-39)33-14-5-2-6-15-33/h1-28H. The molecule has 0 saturated carbocycles. The zero-order valence-electron chi connectivity index (χ0n) is 26.4. The van der Waals surface area contributed by atoms with Gasteiger partial charge < -0.3 is 13.7 Å². The Morgan fingerprint density at radius 1 is 0.429 bits per heavy atom. The van der Waals surface area contributed by atoms with Gasteiger partial charge in [-0.1, -0.05) is 121 Å². The lowest BCUT2D eigenvalue weighted by molar-refractivity contribution is 0.620. The van der Waals surface area contributed by atoms with Crippen molar-refractivity contribution in [2.24, 2.45) is 0 Å². The topological polar surface area (TPSA) is 42.4 Å². The fraction of sp³-hybridized carbons (Fsp3) is 0. The Balaban J connectivity index is 1.30. The van der Waals surface area contributed by atoms with Crippen LogP contribution in [0.1, 0.15) is 0 Å². The molecule has 2 heterocycles. The van der Waals surface area contributed by atoms with Crippen molar-refractivity contribution in [3.05, 3.63) is 170 Å². The van der Waals surface area contributed by atoms with Gasteiger partial charge in [0.05, 0.1) is 5.39 Å². The van der Waals surface area contributed by atoms with Crippen LogP contribution in [0.3, 0.4) is 0 Å². The monoisotopic (exact) mass is 628 g/mol. The normalized spacial score (nSPS) is 11.7. The van der Waals surface area contributed by atoms with E-state index in [1.165, 1.54) is 27.1 Å². The SMILES string of the molecule is c1ccc(-c2ccc(N(c3ccc4ccc5ccccc5c4c3)c3c4oc(-c5ccccc5)nc4cc4oc5ccccc5c34)cc2)cc1. The Labute approximate surface area is 282 Å². The van der Waals surface area contributed by atoms with Crippen LogP contribution in [0.4, 0.5) is 17.1 Å². The Morgan fingerprint density at radius 3 is 1.84 bits per heavy atom. The number of furan rings is 1. The van der Waals surface area contributed by atoms with Crippen molar-refractivity contribution in [1.29, 1.82) is 0 Å². The molecule has 10 aromatic rings. The van der Waals surface area contributed by atoms with Crippen LogP contribution in [-0.4, -0.2) is 4.98 Å². The molecule has 0 aliphatic rings. The Kier molecular flexibility index (Phi) is 6.15. The fourth-order valence-corrected chi connectivity index (χ4v) is 7.13. The lowest BCUT2D eigenvalue weighted by Crippen LogP contribution is -2.11. The van der Waals surface area contributed by atoms with E-state index in [-0.39, 0.29) is 0 Å². The Bertz CT molecular complexity index is 2820. The molecule has 0 spiro atoms. The van der Waals surface area contributed by atoms with E-state index in [2.05, 4.69) is 120 Å². The molecule has 0 unspecified atom stereocenters. The number of anilines is 3. The van der Waals surface area contributed by atoms with Crippen molar-refractivity contribution in [3.63, 3.8) is 0 Å². The van der Waals surface area contributed by atoms with Gasteiger partial charge in [0.25, 0.3) is 0 Å². The predicted octanol–water partition coefficient (Wildman–Crippen LogP) is 12.8. The van der Waals surface area contributed by atoms with Crippen molar-refractivity contribution in [2.45, 2.75) is 0 Å². The average Bonchev–Trinajstić information content (AvgIpc) is 3.77. The first-order valence-corrected chi connectivity index (χ1v) is 16.5. The summed E-state index contributed by atoms with van der Waals surface area (Å²) in [4.78, 5) is 7.33. The van der Waals surface area contributed by atoms with E-state index in [9.17, 15) is 0 Å². The molecule has 0 radical (unpaired) electrons. The van der Waals surface area contributed by atoms with Gasteiger partial charge in [-0.05, 0) is 75.1 Å². The number of aromatic nitrogens is 1. The predicted molar refractivity (Wildman–Crippen MR) is 202 cm³/mol. The van der Waals surface area contributed by atoms with Gasteiger partial charge in [-0.3, -0.25) is 0 Å². The first-order chi connectivity index (χ1) is 24.3. The maximum Gasteiger partial charge on any atom is 0.227 e. The number of rotatable bonds is 5. The van der Waals surface area contributed by atoms with Crippen LogP contribution < -0.4 is 4.90 Å². The zero-order chi connectivity index (χ0) is 32.3. The van der Waals surface area contributed by atoms with Gasteiger partial charge >= 0.3 is 0 Å². The summed E-state index contributed by atoms with van der Waals surface area (Å²) in [5, 5.41) is 6.78. The first kappa shape index (κ1) is 27.5. The molecule has 0 fully saturated rings. The number of nitrogens with zero attached hydrogens (tertiary/aromatic N) is 2. The summed E-state index contributed by atoms with van der Waals surface area (Å²) in [6.45, 7) is 0. The lowest BCUT2D eigenvalue weighted by Gasteiger charge is -2.27. The van der Waals surface area contributed by atoms with Gasteiger partial charge in [-0.2, -0.15) is 0 Å². The molecular weight excluding hydrogens is 601 g/mol. The number of hydrogen-bond donors (Lipinski definition) is 0. The molecule has 0 amide bonds.